The Bertz CT molecular complexity index is 1060. The van der Waals surface area contributed by atoms with Crippen LogP contribution in [0.1, 0.15) is 24.2 Å². The number of rotatable bonds is 5. The van der Waals surface area contributed by atoms with Gasteiger partial charge in [-0.3, -0.25) is 4.79 Å². The van der Waals surface area contributed by atoms with Gasteiger partial charge in [0, 0.05) is 37.3 Å². The highest BCUT2D eigenvalue weighted by atomic mass is 19.4. The maximum atomic E-state index is 13.0. The number of nitrogens with two attached hydrogens (primary N) is 1. The van der Waals surface area contributed by atoms with E-state index in [4.69, 9.17) is 5.73 Å². The van der Waals surface area contributed by atoms with Crippen LogP contribution in [0.2, 0.25) is 0 Å². The van der Waals surface area contributed by atoms with Crippen LogP contribution >= 0.6 is 0 Å². The number of piperidine rings is 1. The third kappa shape index (κ3) is 3.98. The van der Waals surface area contributed by atoms with Crippen LogP contribution in [0, 0.1) is 5.92 Å². The third-order valence-electron chi connectivity index (χ3n) is 5.04. The quantitative estimate of drug-likeness (QED) is 0.647. The minimum atomic E-state index is -4.65. The Morgan fingerprint density at radius 3 is 2.67 bits per heavy atom. The van der Waals surface area contributed by atoms with Gasteiger partial charge in [0.2, 0.25) is 5.91 Å². The lowest BCUT2D eigenvalue weighted by molar-refractivity contribution is -0.146. The lowest BCUT2D eigenvalue weighted by Gasteiger charge is -2.32. The summed E-state index contributed by atoms with van der Waals surface area (Å²) in [6.07, 6.45) is -1.66. The van der Waals surface area contributed by atoms with E-state index in [2.05, 4.69) is 30.5 Å². The second kappa shape index (κ2) is 7.76. The van der Waals surface area contributed by atoms with Gasteiger partial charge in [-0.25, -0.2) is 4.98 Å². The first-order chi connectivity index (χ1) is 14.3. The van der Waals surface area contributed by atoms with Gasteiger partial charge in [-0.15, -0.1) is 15.3 Å². The first-order valence-electron chi connectivity index (χ1n) is 9.34. The van der Waals surface area contributed by atoms with Crippen LogP contribution in [-0.4, -0.2) is 43.8 Å². The fourth-order valence-corrected chi connectivity index (χ4v) is 3.47. The van der Waals surface area contributed by atoms with E-state index in [1.54, 1.807) is 18.3 Å². The van der Waals surface area contributed by atoms with E-state index in [9.17, 15) is 18.0 Å². The smallest absolute Gasteiger partial charge is 0.369 e. The Labute approximate surface area is 169 Å². The molecule has 0 atom stereocenters. The summed E-state index contributed by atoms with van der Waals surface area (Å²) in [4.78, 5) is 17.9. The summed E-state index contributed by atoms with van der Waals surface area (Å²) in [6.45, 7) is 1.61. The number of nitrogens with one attached hydrogen (secondary N) is 1. The summed E-state index contributed by atoms with van der Waals surface area (Å²) in [6, 6.07) is 6.62. The van der Waals surface area contributed by atoms with Crippen LogP contribution in [0.5, 0.6) is 0 Å². The molecule has 4 heterocycles. The topological polar surface area (TPSA) is 114 Å². The molecule has 0 aliphatic carbocycles. The van der Waals surface area contributed by atoms with Crippen LogP contribution in [0.4, 0.5) is 24.8 Å². The number of carbonyl (C=O) groups excluding carboxylic acids is 1. The number of fused-ring (bicyclic) bond motifs is 1. The Balaban J connectivity index is 1.50. The lowest BCUT2D eigenvalue weighted by Crippen LogP contribution is -2.39. The standard InChI is InChI=1S/C18H19F3N8O/c19-18(20,21)17-26-25-14-4-3-13(27-29(14)17)24-10-12-2-1-7-23-16(12)28-8-5-11(6-9-28)15(22)30/h1-4,7,11H,5-6,8-10H2,(H2,22,30)(H,24,27). The molecule has 0 saturated carbocycles. The molecule has 0 aromatic carbocycles. The molecule has 30 heavy (non-hydrogen) atoms. The number of hydrogen-bond acceptors (Lipinski definition) is 7. The molecule has 0 radical (unpaired) electrons. The molecular formula is C18H19F3N8O. The summed E-state index contributed by atoms with van der Waals surface area (Å²) < 4.78 is 39.8. The number of nitrogens with zero attached hydrogens (tertiary/aromatic N) is 6. The Morgan fingerprint density at radius 1 is 1.20 bits per heavy atom. The van der Waals surface area contributed by atoms with E-state index in [1.807, 2.05) is 6.07 Å². The Hall–Kier alpha value is -3.44. The summed E-state index contributed by atoms with van der Waals surface area (Å²) >= 11 is 0. The second-order valence-electron chi connectivity index (χ2n) is 7.01. The SMILES string of the molecule is NC(=O)C1CCN(c2ncccc2CNc2ccc3nnc(C(F)(F)F)n3n2)CC1. The fourth-order valence-electron chi connectivity index (χ4n) is 3.47. The van der Waals surface area contributed by atoms with E-state index in [0.717, 1.165) is 11.4 Å². The van der Waals surface area contributed by atoms with Crippen molar-refractivity contribution >= 4 is 23.2 Å². The van der Waals surface area contributed by atoms with Gasteiger partial charge in [0.15, 0.2) is 5.65 Å². The van der Waals surface area contributed by atoms with Crippen molar-refractivity contribution in [2.45, 2.75) is 25.6 Å². The molecular weight excluding hydrogens is 401 g/mol. The molecule has 9 nitrogen and oxygen atoms in total. The summed E-state index contributed by atoms with van der Waals surface area (Å²) in [5.74, 6) is -0.592. The van der Waals surface area contributed by atoms with E-state index in [0.29, 0.717) is 37.0 Å². The molecule has 3 aromatic heterocycles. The van der Waals surface area contributed by atoms with Gasteiger partial charge in [-0.2, -0.15) is 17.7 Å². The first kappa shape index (κ1) is 19.9. The minimum absolute atomic E-state index is 0.00673. The molecule has 4 rings (SSSR count). The van der Waals surface area contributed by atoms with Crippen LogP contribution in [-0.2, 0) is 17.5 Å². The summed E-state index contributed by atoms with van der Waals surface area (Å²) in [5, 5.41) is 13.7. The van der Waals surface area contributed by atoms with Crippen LogP contribution in [0.3, 0.4) is 0 Å². The first-order valence-corrected chi connectivity index (χ1v) is 9.34. The van der Waals surface area contributed by atoms with Gasteiger partial charge in [0.25, 0.3) is 5.82 Å². The summed E-state index contributed by atoms with van der Waals surface area (Å²) in [5.41, 5.74) is 6.26. The maximum absolute atomic E-state index is 13.0. The number of alkyl halides is 3. The van der Waals surface area contributed by atoms with E-state index in [1.165, 1.54) is 6.07 Å². The predicted octanol–water partition coefficient (Wildman–Crippen LogP) is 1.85. The van der Waals surface area contributed by atoms with Crippen molar-refractivity contribution in [2.75, 3.05) is 23.3 Å². The zero-order chi connectivity index (χ0) is 21.3. The van der Waals surface area contributed by atoms with Crippen molar-refractivity contribution in [1.82, 2.24) is 24.8 Å². The molecule has 3 aromatic rings. The molecule has 1 aliphatic heterocycles. The number of primary amides is 1. The van der Waals surface area contributed by atoms with Crippen molar-refractivity contribution in [3.05, 3.63) is 41.9 Å². The predicted molar refractivity (Wildman–Crippen MR) is 101 cm³/mol. The lowest BCUT2D eigenvalue weighted by atomic mass is 9.96. The van der Waals surface area contributed by atoms with Crippen molar-refractivity contribution in [3.8, 4) is 0 Å². The monoisotopic (exact) mass is 420 g/mol. The van der Waals surface area contributed by atoms with Crippen molar-refractivity contribution in [3.63, 3.8) is 0 Å². The highest BCUT2D eigenvalue weighted by Gasteiger charge is 2.37. The van der Waals surface area contributed by atoms with Gasteiger partial charge in [0.1, 0.15) is 11.6 Å². The molecule has 1 aliphatic rings. The van der Waals surface area contributed by atoms with Crippen molar-refractivity contribution in [1.29, 1.82) is 0 Å². The molecule has 0 spiro atoms. The van der Waals surface area contributed by atoms with Crippen molar-refractivity contribution < 1.29 is 18.0 Å². The Kier molecular flexibility index (Phi) is 5.14. The zero-order valence-corrected chi connectivity index (χ0v) is 15.8. The molecule has 1 amide bonds. The van der Waals surface area contributed by atoms with E-state index < -0.39 is 12.0 Å². The number of anilines is 2. The molecule has 158 valence electrons. The molecule has 1 fully saturated rings. The summed E-state index contributed by atoms with van der Waals surface area (Å²) in [7, 11) is 0. The van der Waals surface area contributed by atoms with Gasteiger partial charge >= 0.3 is 6.18 Å². The zero-order valence-electron chi connectivity index (χ0n) is 15.8. The number of pyridine rings is 1. The molecule has 0 bridgehead atoms. The highest BCUT2D eigenvalue weighted by Crippen LogP contribution is 2.28. The normalized spacial score (nSPS) is 15.5. The third-order valence-corrected chi connectivity index (χ3v) is 5.04. The Morgan fingerprint density at radius 2 is 1.97 bits per heavy atom. The van der Waals surface area contributed by atoms with Crippen LogP contribution in [0.15, 0.2) is 30.5 Å². The number of carbonyl (C=O) groups is 1. The second-order valence-corrected chi connectivity index (χ2v) is 7.01. The minimum Gasteiger partial charge on any atom is -0.369 e. The van der Waals surface area contributed by atoms with E-state index >= 15 is 0 Å². The number of halogens is 3. The average molecular weight is 420 g/mol. The number of amides is 1. The highest BCUT2D eigenvalue weighted by molar-refractivity contribution is 5.77. The van der Waals surface area contributed by atoms with E-state index in [-0.39, 0.29) is 23.3 Å². The molecule has 12 heteroatoms. The van der Waals surface area contributed by atoms with Gasteiger partial charge < -0.3 is 16.0 Å². The average Bonchev–Trinajstić information content (AvgIpc) is 3.16. The molecule has 1 saturated heterocycles. The molecule has 3 N–H and O–H groups in total. The van der Waals surface area contributed by atoms with Crippen molar-refractivity contribution in [2.24, 2.45) is 11.7 Å². The van der Waals surface area contributed by atoms with Crippen LogP contribution < -0.4 is 16.0 Å². The van der Waals surface area contributed by atoms with Crippen LogP contribution in [0.25, 0.3) is 5.65 Å². The van der Waals surface area contributed by atoms with Gasteiger partial charge in [-0.1, -0.05) is 6.07 Å². The fraction of sp³-hybridized carbons (Fsp3) is 0.389. The number of hydrogen-bond donors (Lipinski definition) is 2. The maximum Gasteiger partial charge on any atom is 0.453 e. The van der Waals surface area contributed by atoms with Gasteiger partial charge in [0.05, 0.1) is 0 Å². The largest absolute Gasteiger partial charge is 0.453 e. The number of aromatic nitrogens is 5. The molecule has 0 unspecified atom stereocenters. The van der Waals surface area contributed by atoms with Gasteiger partial charge in [-0.05, 0) is 31.0 Å².